The number of anilines is 1. The highest BCUT2D eigenvalue weighted by molar-refractivity contribution is 5.86. The SMILES string of the molecule is CN1CCC(Nc2ncnc3c2cnn3C)CC1=O. The Morgan fingerprint density at radius 1 is 1.37 bits per heavy atom. The van der Waals surface area contributed by atoms with Crippen molar-refractivity contribution >= 4 is 22.8 Å². The van der Waals surface area contributed by atoms with Crippen molar-refractivity contribution < 1.29 is 4.79 Å². The number of hydrogen-bond donors (Lipinski definition) is 1. The smallest absolute Gasteiger partial charge is 0.224 e. The van der Waals surface area contributed by atoms with Gasteiger partial charge in [-0.15, -0.1) is 0 Å². The third kappa shape index (κ3) is 2.11. The molecule has 0 aliphatic carbocycles. The highest BCUT2D eigenvalue weighted by Crippen LogP contribution is 2.21. The van der Waals surface area contributed by atoms with Gasteiger partial charge in [0, 0.05) is 33.1 Å². The zero-order valence-corrected chi connectivity index (χ0v) is 11.0. The van der Waals surface area contributed by atoms with Crippen molar-refractivity contribution in [1.29, 1.82) is 0 Å². The fraction of sp³-hybridized carbons (Fsp3) is 0.500. The largest absolute Gasteiger partial charge is 0.366 e. The van der Waals surface area contributed by atoms with Crippen LogP contribution in [0.5, 0.6) is 0 Å². The molecule has 19 heavy (non-hydrogen) atoms. The molecule has 1 aliphatic rings. The normalized spacial score (nSPS) is 20.0. The van der Waals surface area contributed by atoms with Crippen LogP contribution in [-0.2, 0) is 11.8 Å². The van der Waals surface area contributed by atoms with Crippen LogP contribution in [0.3, 0.4) is 0 Å². The van der Waals surface area contributed by atoms with E-state index in [4.69, 9.17) is 0 Å². The topological polar surface area (TPSA) is 75.9 Å². The summed E-state index contributed by atoms with van der Waals surface area (Å²) in [6.07, 6.45) is 4.69. The molecule has 7 heteroatoms. The van der Waals surface area contributed by atoms with Crippen LogP contribution in [0, 0.1) is 0 Å². The molecule has 1 atom stereocenters. The molecule has 1 unspecified atom stereocenters. The minimum atomic E-state index is 0.127. The molecule has 7 nitrogen and oxygen atoms in total. The van der Waals surface area contributed by atoms with E-state index in [9.17, 15) is 4.79 Å². The Labute approximate surface area is 110 Å². The van der Waals surface area contributed by atoms with Crippen molar-refractivity contribution in [3.8, 4) is 0 Å². The molecule has 100 valence electrons. The lowest BCUT2D eigenvalue weighted by Gasteiger charge is -2.29. The number of aromatic nitrogens is 4. The summed E-state index contributed by atoms with van der Waals surface area (Å²) in [4.78, 5) is 21.9. The Morgan fingerprint density at radius 3 is 3.00 bits per heavy atom. The minimum Gasteiger partial charge on any atom is -0.366 e. The second-order valence-corrected chi connectivity index (χ2v) is 4.88. The van der Waals surface area contributed by atoms with Gasteiger partial charge in [-0.05, 0) is 6.42 Å². The number of carbonyl (C=O) groups excluding carboxylic acids is 1. The summed E-state index contributed by atoms with van der Waals surface area (Å²) in [7, 11) is 3.68. The van der Waals surface area contributed by atoms with Crippen LogP contribution >= 0.6 is 0 Å². The summed E-state index contributed by atoms with van der Waals surface area (Å²) in [5.74, 6) is 0.917. The Balaban J connectivity index is 1.84. The van der Waals surface area contributed by atoms with Gasteiger partial charge >= 0.3 is 0 Å². The summed E-state index contributed by atoms with van der Waals surface area (Å²) in [6.45, 7) is 0.776. The number of nitrogens with zero attached hydrogens (tertiary/aromatic N) is 5. The van der Waals surface area contributed by atoms with Gasteiger partial charge in [0.25, 0.3) is 0 Å². The van der Waals surface area contributed by atoms with Gasteiger partial charge < -0.3 is 10.2 Å². The van der Waals surface area contributed by atoms with Gasteiger partial charge in [0.2, 0.25) is 5.91 Å². The third-order valence-corrected chi connectivity index (χ3v) is 3.53. The second-order valence-electron chi connectivity index (χ2n) is 4.88. The predicted molar refractivity (Wildman–Crippen MR) is 70.6 cm³/mol. The van der Waals surface area contributed by atoms with Gasteiger partial charge in [-0.25, -0.2) is 9.97 Å². The summed E-state index contributed by atoms with van der Waals surface area (Å²) >= 11 is 0. The molecule has 0 saturated carbocycles. The molecule has 3 rings (SSSR count). The van der Waals surface area contributed by atoms with Gasteiger partial charge in [0.15, 0.2) is 5.65 Å². The van der Waals surface area contributed by atoms with E-state index in [-0.39, 0.29) is 11.9 Å². The molecule has 1 aliphatic heterocycles. The number of hydrogen-bond acceptors (Lipinski definition) is 5. The lowest BCUT2D eigenvalue weighted by Crippen LogP contribution is -2.41. The average molecular weight is 260 g/mol. The zero-order chi connectivity index (χ0) is 13.4. The quantitative estimate of drug-likeness (QED) is 0.845. The maximum absolute atomic E-state index is 11.7. The molecule has 0 radical (unpaired) electrons. The van der Waals surface area contributed by atoms with Crippen molar-refractivity contribution in [3.05, 3.63) is 12.5 Å². The van der Waals surface area contributed by atoms with E-state index in [1.165, 1.54) is 6.33 Å². The lowest BCUT2D eigenvalue weighted by atomic mass is 10.0. The fourth-order valence-corrected chi connectivity index (χ4v) is 2.34. The third-order valence-electron chi connectivity index (χ3n) is 3.53. The molecule has 1 fully saturated rings. The highest BCUT2D eigenvalue weighted by Gasteiger charge is 2.24. The van der Waals surface area contributed by atoms with Crippen LogP contribution in [0.4, 0.5) is 5.82 Å². The van der Waals surface area contributed by atoms with E-state index in [2.05, 4.69) is 20.4 Å². The Morgan fingerprint density at radius 2 is 2.21 bits per heavy atom. The Bertz CT molecular complexity index is 622. The second kappa shape index (κ2) is 4.49. The van der Waals surface area contributed by atoms with Crippen LogP contribution in [0.25, 0.3) is 11.0 Å². The summed E-state index contributed by atoms with van der Waals surface area (Å²) in [5, 5.41) is 8.40. The molecule has 0 spiro atoms. The zero-order valence-electron chi connectivity index (χ0n) is 11.0. The first-order chi connectivity index (χ1) is 9.15. The van der Waals surface area contributed by atoms with E-state index >= 15 is 0 Å². The number of piperidine rings is 1. The van der Waals surface area contributed by atoms with Crippen LogP contribution in [0.15, 0.2) is 12.5 Å². The van der Waals surface area contributed by atoms with E-state index in [0.717, 1.165) is 29.8 Å². The number of aryl methyl sites for hydroxylation is 1. The van der Waals surface area contributed by atoms with E-state index in [0.29, 0.717) is 6.42 Å². The molecule has 1 saturated heterocycles. The van der Waals surface area contributed by atoms with Crippen LogP contribution in [0.2, 0.25) is 0 Å². The van der Waals surface area contributed by atoms with Gasteiger partial charge in [0.1, 0.15) is 12.1 Å². The Kier molecular flexibility index (Phi) is 2.81. The summed E-state index contributed by atoms with van der Waals surface area (Å²) < 4.78 is 1.71. The monoisotopic (exact) mass is 260 g/mol. The first-order valence-corrected chi connectivity index (χ1v) is 6.28. The Hall–Kier alpha value is -2.18. The molecule has 1 N–H and O–H groups in total. The average Bonchev–Trinajstić information content (AvgIpc) is 2.77. The predicted octanol–water partition coefficient (Wildman–Crippen LogP) is 0.396. The van der Waals surface area contributed by atoms with E-state index in [1.807, 2.05) is 14.1 Å². The molecular weight excluding hydrogens is 244 g/mol. The van der Waals surface area contributed by atoms with E-state index in [1.54, 1.807) is 15.8 Å². The minimum absolute atomic E-state index is 0.127. The van der Waals surface area contributed by atoms with Crippen molar-refractivity contribution in [2.24, 2.45) is 7.05 Å². The van der Waals surface area contributed by atoms with Gasteiger partial charge in [0.05, 0.1) is 11.6 Å². The summed E-state index contributed by atoms with van der Waals surface area (Å²) in [5.41, 5.74) is 0.789. The van der Waals surface area contributed by atoms with Crippen molar-refractivity contribution in [3.63, 3.8) is 0 Å². The first kappa shape index (κ1) is 11.9. The van der Waals surface area contributed by atoms with Crippen LogP contribution in [0.1, 0.15) is 12.8 Å². The van der Waals surface area contributed by atoms with Gasteiger partial charge in [-0.2, -0.15) is 5.10 Å². The summed E-state index contributed by atoms with van der Waals surface area (Å²) in [6, 6.07) is 0.127. The number of fused-ring (bicyclic) bond motifs is 1. The van der Waals surface area contributed by atoms with Crippen molar-refractivity contribution in [2.75, 3.05) is 18.9 Å². The number of rotatable bonds is 2. The van der Waals surface area contributed by atoms with E-state index < -0.39 is 0 Å². The van der Waals surface area contributed by atoms with Crippen molar-refractivity contribution in [1.82, 2.24) is 24.6 Å². The highest BCUT2D eigenvalue weighted by atomic mass is 16.2. The number of nitrogens with one attached hydrogen (secondary N) is 1. The van der Waals surface area contributed by atoms with Crippen LogP contribution < -0.4 is 5.32 Å². The standard InChI is InChI=1S/C12H16N6O/c1-17-4-3-8(5-10(17)19)16-11-9-6-15-18(2)12(9)14-7-13-11/h6-8H,3-5H2,1-2H3,(H,13,14,16). The van der Waals surface area contributed by atoms with Crippen molar-refractivity contribution in [2.45, 2.75) is 18.9 Å². The number of carbonyl (C=O) groups is 1. The maximum Gasteiger partial charge on any atom is 0.224 e. The molecule has 0 bridgehead atoms. The first-order valence-electron chi connectivity index (χ1n) is 6.28. The molecule has 1 amide bonds. The molecular formula is C12H16N6O. The van der Waals surface area contributed by atoms with Gasteiger partial charge in [-0.1, -0.05) is 0 Å². The maximum atomic E-state index is 11.7. The molecule has 0 aromatic carbocycles. The van der Waals surface area contributed by atoms with Gasteiger partial charge in [-0.3, -0.25) is 9.48 Å². The molecule has 3 heterocycles. The fourth-order valence-electron chi connectivity index (χ4n) is 2.34. The number of amides is 1. The van der Waals surface area contributed by atoms with Crippen LogP contribution in [-0.4, -0.2) is 50.2 Å². The number of likely N-dealkylation sites (tertiary alicyclic amines) is 1. The lowest BCUT2D eigenvalue weighted by molar-refractivity contribution is -0.132. The molecule has 2 aromatic rings. The molecule has 2 aromatic heterocycles.